The van der Waals surface area contributed by atoms with Crippen molar-refractivity contribution in [2.75, 3.05) is 13.4 Å². The Balaban J connectivity index is 2.00. The lowest BCUT2D eigenvalue weighted by atomic mass is 9.90. The minimum absolute atomic E-state index is 0.0155. The highest BCUT2D eigenvalue weighted by atomic mass is 16.7. The Morgan fingerprint density at radius 1 is 1.31 bits per heavy atom. The summed E-state index contributed by atoms with van der Waals surface area (Å²) in [4.78, 5) is 11.3. The molecule has 1 unspecified atom stereocenters. The molecule has 0 aromatic heterocycles. The molecule has 3 nitrogen and oxygen atoms in total. The molecule has 0 aromatic rings. The van der Waals surface area contributed by atoms with Crippen LogP contribution in [0.25, 0.3) is 0 Å². The third-order valence-electron chi connectivity index (χ3n) is 3.38. The van der Waals surface area contributed by atoms with Gasteiger partial charge in [-0.05, 0) is 25.2 Å². The lowest BCUT2D eigenvalue weighted by Gasteiger charge is -2.21. The predicted octanol–water partition coefficient (Wildman–Crippen LogP) is 3.13. The van der Waals surface area contributed by atoms with Crippen LogP contribution < -0.4 is 0 Å². The molecular formula is C13H24O3. The number of ether oxygens (including phenoxy) is 2. The lowest BCUT2D eigenvalue weighted by Crippen LogP contribution is -2.19. The van der Waals surface area contributed by atoms with Crippen molar-refractivity contribution in [2.45, 2.75) is 52.4 Å². The van der Waals surface area contributed by atoms with E-state index >= 15 is 0 Å². The molecular weight excluding hydrogens is 204 g/mol. The molecule has 0 amide bonds. The molecule has 0 spiro atoms. The third kappa shape index (κ3) is 4.97. The van der Waals surface area contributed by atoms with Crippen LogP contribution in [0.1, 0.15) is 52.4 Å². The summed E-state index contributed by atoms with van der Waals surface area (Å²) >= 11 is 0. The molecule has 1 fully saturated rings. The van der Waals surface area contributed by atoms with Crippen molar-refractivity contribution in [3.05, 3.63) is 0 Å². The zero-order valence-electron chi connectivity index (χ0n) is 10.5. The minimum atomic E-state index is -0.147. The van der Waals surface area contributed by atoms with Crippen molar-refractivity contribution in [3.63, 3.8) is 0 Å². The molecule has 3 heteroatoms. The van der Waals surface area contributed by atoms with Gasteiger partial charge >= 0.3 is 5.97 Å². The molecule has 1 aliphatic carbocycles. The van der Waals surface area contributed by atoms with E-state index in [2.05, 4.69) is 0 Å². The summed E-state index contributed by atoms with van der Waals surface area (Å²) in [5.41, 5.74) is 0. The zero-order chi connectivity index (χ0) is 11.8. The Kier molecular flexibility index (Phi) is 6.46. The van der Waals surface area contributed by atoms with Gasteiger partial charge in [0.25, 0.3) is 0 Å². The van der Waals surface area contributed by atoms with Gasteiger partial charge in [0.1, 0.15) is 0 Å². The fraction of sp³-hybridized carbons (Fsp3) is 0.923. The second kappa shape index (κ2) is 7.66. The Morgan fingerprint density at radius 3 is 2.62 bits per heavy atom. The Hall–Kier alpha value is -0.570. The highest BCUT2D eigenvalue weighted by Gasteiger charge is 2.14. The van der Waals surface area contributed by atoms with Crippen LogP contribution in [0.5, 0.6) is 0 Å². The van der Waals surface area contributed by atoms with Gasteiger partial charge in [-0.25, -0.2) is 0 Å². The van der Waals surface area contributed by atoms with Crippen molar-refractivity contribution in [1.82, 2.24) is 0 Å². The first kappa shape index (κ1) is 13.5. The molecule has 0 N–H and O–H groups in total. The van der Waals surface area contributed by atoms with E-state index in [-0.39, 0.29) is 18.7 Å². The predicted molar refractivity (Wildman–Crippen MR) is 62.9 cm³/mol. The third-order valence-corrected chi connectivity index (χ3v) is 3.38. The second-order valence-electron chi connectivity index (χ2n) is 4.77. The smallest absolute Gasteiger partial charge is 0.310 e. The standard InChI is InChI=1S/C13H24O3/c1-3-11(2)13(14)16-10-15-9-12-7-5-4-6-8-12/h11-12H,3-10H2,1-2H3. The molecule has 94 valence electrons. The number of carbonyl (C=O) groups is 1. The molecule has 1 rings (SSSR count). The number of esters is 1. The van der Waals surface area contributed by atoms with Crippen LogP contribution >= 0.6 is 0 Å². The molecule has 0 heterocycles. The van der Waals surface area contributed by atoms with Gasteiger partial charge in [0, 0.05) is 0 Å². The maximum atomic E-state index is 11.3. The minimum Gasteiger partial charge on any atom is -0.438 e. The Labute approximate surface area is 98.5 Å². The monoisotopic (exact) mass is 228 g/mol. The van der Waals surface area contributed by atoms with E-state index in [9.17, 15) is 4.79 Å². The summed E-state index contributed by atoms with van der Waals surface area (Å²) in [6.45, 7) is 4.73. The highest BCUT2D eigenvalue weighted by Crippen LogP contribution is 2.23. The summed E-state index contributed by atoms with van der Waals surface area (Å²) < 4.78 is 10.4. The quantitative estimate of drug-likeness (QED) is 0.398. The molecule has 0 radical (unpaired) electrons. The first-order valence-electron chi connectivity index (χ1n) is 6.48. The molecule has 1 aliphatic rings. The van der Waals surface area contributed by atoms with E-state index in [0.29, 0.717) is 5.92 Å². The van der Waals surface area contributed by atoms with Crippen LogP contribution in [-0.4, -0.2) is 19.4 Å². The van der Waals surface area contributed by atoms with Crippen LogP contribution in [0.4, 0.5) is 0 Å². The van der Waals surface area contributed by atoms with Crippen molar-refractivity contribution < 1.29 is 14.3 Å². The lowest BCUT2D eigenvalue weighted by molar-refractivity contribution is -0.162. The average Bonchev–Trinajstić information content (AvgIpc) is 2.34. The van der Waals surface area contributed by atoms with Crippen molar-refractivity contribution in [3.8, 4) is 0 Å². The van der Waals surface area contributed by atoms with Crippen LogP contribution in [0.3, 0.4) is 0 Å². The van der Waals surface area contributed by atoms with Crippen molar-refractivity contribution in [1.29, 1.82) is 0 Å². The number of carbonyl (C=O) groups excluding carboxylic acids is 1. The SMILES string of the molecule is CCC(C)C(=O)OCOCC1CCCCC1. The molecule has 0 aromatic carbocycles. The first-order valence-corrected chi connectivity index (χ1v) is 6.48. The van der Waals surface area contributed by atoms with Crippen LogP contribution in [0, 0.1) is 11.8 Å². The topological polar surface area (TPSA) is 35.5 Å². The van der Waals surface area contributed by atoms with Gasteiger partial charge in [-0.1, -0.05) is 33.1 Å². The Bertz CT molecular complexity index is 197. The Morgan fingerprint density at radius 2 is 2.00 bits per heavy atom. The number of hydrogen-bond acceptors (Lipinski definition) is 3. The first-order chi connectivity index (χ1) is 7.74. The molecule has 16 heavy (non-hydrogen) atoms. The summed E-state index contributed by atoms with van der Waals surface area (Å²) in [6, 6.07) is 0. The van der Waals surface area contributed by atoms with Crippen LogP contribution in [0.2, 0.25) is 0 Å². The van der Waals surface area contributed by atoms with Crippen LogP contribution in [0.15, 0.2) is 0 Å². The summed E-state index contributed by atoms with van der Waals surface area (Å²) in [5.74, 6) is 0.514. The van der Waals surface area contributed by atoms with E-state index in [1.54, 1.807) is 0 Å². The zero-order valence-corrected chi connectivity index (χ0v) is 10.5. The van der Waals surface area contributed by atoms with Gasteiger partial charge < -0.3 is 9.47 Å². The van der Waals surface area contributed by atoms with Gasteiger partial charge in [-0.2, -0.15) is 0 Å². The maximum Gasteiger partial charge on any atom is 0.310 e. The average molecular weight is 228 g/mol. The van der Waals surface area contributed by atoms with E-state index in [0.717, 1.165) is 13.0 Å². The van der Waals surface area contributed by atoms with E-state index < -0.39 is 0 Å². The maximum absolute atomic E-state index is 11.3. The fourth-order valence-electron chi connectivity index (χ4n) is 1.98. The van der Waals surface area contributed by atoms with E-state index in [1.807, 2.05) is 13.8 Å². The van der Waals surface area contributed by atoms with E-state index in [1.165, 1.54) is 32.1 Å². The summed E-state index contributed by atoms with van der Waals surface area (Å²) in [7, 11) is 0. The van der Waals surface area contributed by atoms with Gasteiger partial charge in [-0.15, -0.1) is 0 Å². The largest absolute Gasteiger partial charge is 0.438 e. The molecule has 0 saturated heterocycles. The highest BCUT2D eigenvalue weighted by molar-refractivity contribution is 5.71. The summed E-state index contributed by atoms with van der Waals surface area (Å²) in [6.07, 6.45) is 7.35. The van der Waals surface area contributed by atoms with Crippen molar-refractivity contribution >= 4 is 5.97 Å². The summed E-state index contributed by atoms with van der Waals surface area (Å²) in [5, 5.41) is 0. The number of hydrogen-bond donors (Lipinski definition) is 0. The fourth-order valence-corrected chi connectivity index (χ4v) is 1.98. The molecule has 1 saturated carbocycles. The van der Waals surface area contributed by atoms with E-state index in [4.69, 9.17) is 9.47 Å². The number of rotatable bonds is 6. The molecule has 1 atom stereocenters. The van der Waals surface area contributed by atoms with Gasteiger partial charge in [0.15, 0.2) is 6.79 Å². The van der Waals surface area contributed by atoms with Gasteiger partial charge in [-0.3, -0.25) is 4.79 Å². The normalized spacial score (nSPS) is 19.4. The van der Waals surface area contributed by atoms with Gasteiger partial charge in [0.05, 0.1) is 12.5 Å². The second-order valence-corrected chi connectivity index (χ2v) is 4.77. The molecule has 0 bridgehead atoms. The van der Waals surface area contributed by atoms with Crippen molar-refractivity contribution in [2.24, 2.45) is 11.8 Å². The van der Waals surface area contributed by atoms with Crippen LogP contribution in [-0.2, 0) is 14.3 Å². The molecule has 0 aliphatic heterocycles. The van der Waals surface area contributed by atoms with Gasteiger partial charge in [0.2, 0.25) is 0 Å².